The van der Waals surface area contributed by atoms with E-state index >= 15 is 0 Å². The average Bonchev–Trinajstić information content (AvgIpc) is 2.67. The standard InChI is InChI=1S/C20H18O5/c1-22-15-7-9-17-16(11-15)20(21)14(12-25-17)6-4-13-5-8-18(23-2)19(10-13)24-3/h4-12H,1-3H3/b6-4+. The van der Waals surface area contributed by atoms with Crippen LogP contribution in [0.1, 0.15) is 11.1 Å². The molecule has 1 aromatic heterocycles. The average molecular weight is 338 g/mol. The fourth-order valence-corrected chi connectivity index (χ4v) is 2.51. The fraction of sp³-hybridized carbons (Fsp3) is 0.150. The lowest BCUT2D eigenvalue weighted by Crippen LogP contribution is -2.04. The van der Waals surface area contributed by atoms with Crippen LogP contribution in [0, 0.1) is 0 Å². The van der Waals surface area contributed by atoms with E-state index in [1.807, 2.05) is 24.3 Å². The van der Waals surface area contributed by atoms with Crippen LogP contribution in [0.5, 0.6) is 17.2 Å². The van der Waals surface area contributed by atoms with Gasteiger partial charge >= 0.3 is 0 Å². The van der Waals surface area contributed by atoms with Crippen LogP contribution in [0.25, 0.3) is 23.1 Å². The van der Waals surface area contributed by atoms with Gasteiger partial charge in [0.25, 0.3) is 0 Å². The molecule has 0 aliphatic carbocycles. The second-order valence-electron chi connectivity index (χ2n) is 5.33. The number of methoxy groups -OCH3 is 3. The number of hydrogen-bond acceptors (Lipinski definition) is 5. The molecule has 0 amide bonds. The van der Waals surface area contributed by atoms with Gasteiger partial charge in [0.2, 0.25) is 0 Å². The van der Waals surface area contributed by atoms with E-state index in [9.17, 15) is 4.79 Å². The van der Waals surface area contributed by atoms with E-state index in [2.05, 4.69) is 0 Å². The number of hydrogen-bond donors (Lipinski definition) is 0. The third kappa shape index (κ3) is 3.35. The lowest BCUT2D eigenvalue weighted by atomic mass is 10.1. The van der Waals surface area contributed by atoms with Crippen molar-refractivity contribution < 1.29 is 18.6 Å². The molecule has 3 aromatic rings. The predicted molar refractivity (Wildman–Crippen MR) is 97.5 cm³/mol. The van der Waals surface area contributed by atoms with Gasteiger partial charge in [0.15, 0.2) is 16.9 Å². The summed E-state index contributed by atoms with van der Waals surface area (Å²) in [5.41, 5.74) is 1.74. The van der Waals surface area contributed by atoms with Gasteiger partial charge < -0.3 is 18.6 Å². The Labute approximate surface area is 145 Å². The minimum absolute atomic E-state index is 0.114. The number of ether oxygens (including phenoxy) is 3. The lowest BCUT2D eigenvalue weighted by Gasteiger charge is -2.07. The summed E-state index contributed by atoms with van der Waals surface area (Å²) in [6, 6.07) is 10.7. The zero-order chi connectivity index (χ0) is 17.8. The minimum atomic E-state index is -0.114. The molecule has 128 valence electrons. The van der Waals surface area contributed by atoms with Gasteiger partial charge in [-0.1, -0.05) is 12.1 Å². The quantitative estimate of drug-likeness (QED) is 0.704. The van der Waals surface area contributed by atoms with Crippen LogP contribution in [0.15, 0.2) is 51.9 Å². The Bertz CT molecular complexity index is 985. The van der Waals surface area contributed by atoms with Crippen molar-refractivity contribution in [3.63, 3.8) is 0 Å². The van der Waals surface area contributed by atoms with Crippen LogP contribution in [0.3, 0.4) is 0 Å². The third-order valence-electron chi connectivity index (χ3n) is 3.87. The van der Waals surface area contributed by atoms with Crippen LogP contribution >= 0.6 is 0 Å². The van der Waals surface area contributed by atoms with Gasteiger partial charge in [-0.2, -0.15) is 0 Å². The first-order valence-corrected chi connectivity index (χ1v) is 7.66. The summed E-state index contributed by atoms with van der Waals surface area (Å²) in [6.45, 7) is 0. The molecule has 5 heteroatoms. The second kappa shape index (κ2) is 7.13. The van der Waals surface area contributed by atoms with E-state index in [-0.39, 0.29) is 5.43 Å². The number of rotatable bonds is 5. The highest BCUT2D eigenvalue weighted by molar-refractivity contribution is 5.82. The summed E-state index contributed by atoms with van der Waals surface area (Å²) in [4.78, 5) is 12.6. The lowest BCUT2D eigenvalue weighted by molar-refractivity contribution is 0.355. The summed E-state index contributed by atoms with van der Waals surface area (Å²) in [7, 11) is 4.72. The van der Waals surface area contributed by atoms with Gasteiger partial charge in [0, 0.05) is 0 Å². The van der Waals surface area contributed by atoms with Gasteiger partial charge in [-0.25, -0.2) is 0 Å². The smallest absolute Gasteiger partial charge is 0.200 e. The van der Waals surface area contributed by atoms with Crippen molar-refractivity contribution in [1.29, 1.82) is 0 Å². The highest BCUT2D eigenvalue weighted by atomic mass is 16.5. The first kappa shape index (κ1) is 16.6. The van der Waals surface area contributed by atoms with Crippen molar-refractivity contribution in [2.45, 2.75) is 0 Å². The van der Waals surface area contributed by atoms with Crippen LogP contribution < -0.4 is 19.6 Å². The summed E-state index contributed by atoms with van der Waals surface area (Å²) >= 11 is 0. The molecule has 0 N–H and O–H groups in total. The predicted octanol–water partition coefficient (Wildman–Crippen LogP) is 3.99. The van der Waals surface area contributed by atoms with E-state index in [0.717, 1.165) is 5.56 Å². The molecule has 0 aliphatic rings. The maximum Gasteiger partial charge on any atom is 0.200 e. The normalized spacial score (nSPS) is 11.0. The molecule has 0 saturated heterocycles. The van der Waals surface area contributed by atoms with E-state index < -0.39 is 0 Å². The Morgan fingerprint density at radius 1 is 0.880 bits per heavy atom. The van der Waals surface area contributed by atoms with E-state index in [1.54, 1.807) is 45.6 Å². The van der Waals surface area contributed by atoms with Gasteiger partial charge in [0.1, 0.15) is 17.6 Å². The fourth-order valence-electron chi connectivity index (χ4n) is 2.51. The first-order chi connectivity index (χ1) is 12.2. The summed E-state index contributed by atoms with van der Waals surface area (Å²) in [6.07, 6.45) is 4.99. The molecule has 0 unspecified atom stereocenters. The highest BCUT2D eigenvalue weighted by Crippen LogP contribution is 2.28. The Morgan fingerprint density at radius 3 is 2.40 bits per heavy atom. The molecule has 1 heterocycles. The van der Waals surface area contributed by atoms with Crippen molar-refractivity contribution in [2.75, 3.05) is 21.3 Å². The molecule has 0 spiro atoms. The zero-order valence-electron chi connectivity index (χ0n) is 14.2. The minimum Gasteiger partial charge on any atom is -0.497 e. The SMILES string of the molecule is COc1ccc2occ(/C=C/c3ccc(OC)c(OC)c3)c(=O)c2c1. The largest absolute Gasteiger partial charge is 0.497 e. The second-order valence-corrected chi connectivity index (χ2v) is 5.33. The first-order valence-electron chi connectivity index (χ1n) is 7.66. The number of benzene rings is 2. The van der Waals surface area contributed by atoms with Crippen molar-refractivity contribution in [1.82, 2.24) is 0 Å². The van der Waals surface area contributed by atoms with Gasteiger partial charge in [-0.05, 0) is 42.0 Å². The molecule has 0 fully saturated rings. The molecule has 3 rings (SSSR count). The summed E-state index contributed by atoms with van der Waals surface area (Å²) in [5, 5.41) is 0.480. The topological polar surface area (TPSA) is 57.9 Å². The molecule has 25 heavy (non-hydrogen) atoms. The van der Waals surface area contributed by atoms with E-state index in [1.165, 1.54) is 6.26 Å². The highest BCUT2D eigenvalue weighted by Gasteiger charge is 2.07. The van der Waals surface area contributed by atoms with Gasteiger partial charge in [-0.3, -0.25) is 4.79 Å². The maximum absolute atomic E-state index is 12.6. The van der Waals surface area contributed by atoms with Gasteiger partial charge in [-0.15, -0.1) is 0 Å². The molecular formula is C20H18O5. The molecule has 0 aliphatic heterocycles. The Morgan fingerprint density at radius 2 is 1.68 bits per heavy atom. The van der Waals surface area contributed by atoms with Gasteiger partial charge in [0.05, 0.1) is 32.3 Å². The van der Waals surface area contributed by atoms with Crippen molar-refractivity contribution in [2.24, 2.45) is 0 Å². The Kier molecular flexibility index (Phi) is 4.75. The van der Waals surface area contributed by atoms with E-state index in [0.29, 0.717) is 33.8 Å². The summed E-state index contributed by atoms with van der Waals surface area (Å²) in [5.74, 6) is 1.89. The monoisotopic (exact) mass is 338 g/mol. The van der Waals surface area contributed by atoms with Crippen LogP contribution in [-0.4, -0.2) is 21.3 Å². The van der Waals surface area contributed by atoms with Crippen LogP contribution in [-0.2, 0) is 0 Å². The molecule has 0 radical (unpaired) electrons. The number of fused-ring (bicyclic) bond motifs is 1. The Balaban J connectivity index is 1.98. The molecule has 5 nitrogen and oxygen atoms in total. The van der Waals surface area contributed by atoms with Crippen LogP contribution in [0.4, 0.5) is 0 Å². The molecule has 0 saturated carbocycles. The van der Waals surface area contributed by atoms with Crippen LogP contribution in [0.2, 0.25) is 0 Å². The van der Waals surface area contributed by atoms with Crippen molar-refractivity contribution in [3.05, 3.63) is 64.0 Å². The molecular weight excluding hydrogens is 320 g/mol. The van der Waals surface area contributed by atoms with Crippen molar-refractivity contribution in [3.8, 4) is 17.2 Å². The van der Waals surface area contributed by atoms with E-state index in [4.69, 9.17) is 18.6 Å². The van der Waals surface area contributed by atoms with Crippen molar-refractivity contribution >= 4 is 23.1 Å². The third-order valence-corrected chi connectivity index (χ3v) is 3.87. The zero-order valence-corrected chi connectivity index (χ0v) is 14.2. The molecule has 2 aromatic carbocycles. The molecule has 0 atom stereocenters. The molecule has 0 bridgehead atoms. The maximum atomic E-state index is 12.6. The Hall–Kier alpha value is -3.21. The summed E-state index contributed by atoms with van der Waals surface area (Å²) < 4.78 is 21.2.